The maximum Gasteiger partial charge on any atom is 0.246 e. The summed E-state index contributed by atoms with van der Waals surface area (Å²) in [6.07, 6.45) is 0.854. The van der Waals surface area contributed by atoms with Crippen molar-refractivity contribution >= 4 is 92.3 Å². The summed E-state index contributed by atoms with van der Waals surface area (Å²) in [5, 5.41) is 37.4. The molecule has 1 aromatic heterocycles. The van der Waals surface area contributed by atoms with Gasteiger partial charge in [-0.2, -0.15) is 11.8 Å². The van der Waals surface area contributed by atoms with Crippen LogP contribution in [0, 0.1) is 29.6 Å². The van der Waals surface area contributed by atoms with Gasteiger partial charge in [-0.05, 0) is 73.8 Å². The standard InChI is InChI=1S/C54H82N10O15S2/c1-6-30(3)35-21-33(66)23-58-49(72)32-19-36-34-13-14-43(78-5)37(27-80-17-11-9-15-57-45(70)12-8-7-10-16-79-56)48(34)63-53(36)81(77)28-39(60-46(71)24-59-50(35)73)51(74)61-38(22-44(55)69)54(76)64-25-29(2)18-40(64)52(75)62-47(41(67)20-32)31(4)42(68)26-65/h13-14,29-32,35,38-40,42,47,63,65,68H,6-12,15-28,56H2,1-5H3,(H2,55,69)(H,57,70)(H,58,72)(H,59,73)(H,60,71)(H,61,74)(H,62,75)/t29-,30+,31+,32-,35+,38+,39+,40+,42+,47+,81?/m1/s1. The van der Waals surface area contributed by atoms with E-state index in [1.165, 1.54) is 14.0 Å². The van der Waals surface area contributed by atoms with Crippen LogP contribution in [0.1, 0.15) is 109 Å². The number of thioether (sulfide) groups is 1. The molecule has 11 atom stereocenters. The number of ketones is 2. The summed E-state index contributed by atoms with van der Waals surface area (Å²) in [6, 6.07) is -3.04. The summed E-state index contributed by atoms with van der Waals surface area (Å²) in [5.41, 5.74) is 6.91. The Hall–Kier alpha value is -6.00. The minimum atomic E-state index is -2.35. The molecule has 0 aliphatic carbocycles. The van der Waals surface area contributed by atoms with E-state index in [0.29, 0.717) is 72.6 Å². The van der Waals surface area contributed by atoms with Crippen molar-refractivity contribution in [2.75, 3.05) is 58.0 Å². The minimum absolute atomic E-state index is 0.0409. The van der Waals surface area contributed by atoms with Crippen LogP contribution in [0.5, 0.6) is 5.75 Å². The molecule has 8 amide bonds. The Balaban J connectivity index is 1.66. The number of carbonyl (C=O) groups is 10. The predicted molar refractivity (Wildman–Crippen MR) is 300 cm³/mol. The van der Waals surface area contributed by atoms with Gasteiger partial charge < -0.3 is 67.3 Å². The molecule has 1 unspecified atom stereocenters. The van der Waals surface area contributed by atoms with Crippen LogP contribution in [0.4, 0.5) is 0 Å². The Morgan fingerprint density at radius 2 is 1.67 bits per heavy atom. The van der Waals surface area contributed by atoms with E-state index in [9.17, 15) is 58.2 Å². The first-order valence-corrected chi connectivity index (χ1v) is 30.2. The highest BCUT2D eigenvalue weighted by molar-refractivity contribution is 7.98. The Morgan fingerprint density at radius 1 is 0.926 bits per heavy atom. The van der Waals surface area contributed by atoms with Crippen molar-refractivity contribution in [1.29, 1.82) is 0 Å². The third-order valence-corrected chi connectivity index (χ3v) is 17.8. The monoisotopic (exact) mass is 1170 g/mol. The summed E-state index contributed by atoms with van der Waals surface area (Å²) in [6.45, 7) is 5.43. The van der Waals surface area contributed by atoms with Gasteiger partial charge in [0.1, 0.15) is 28.9 Å². The van der Waals surface area contributed by atoms with Gasteiger partial charge in [-0.25, -0.2) is 5.90 Å². The fourth-order valence-corrected chi connectivity index (χ4v) is 12.8. The minimum Gasteiger partial charge on any atom is -0.496 e. The van der Waals surface area contributed by atoms with Crippen LogP contribution >= 0.6 is 11.8 Å². The van der Waals surface area contributed by atoms with Gasteiger partial charge in [0.05, 0.1) is 74.0 Å². The highest BCUT2D eigenvalue weighted by Gasteiger charge is 2.44. The zero-order chi connectivity index (χ0) is 59.5. The number of aliphatic hydroxyl groups excluding tert-OH is 2. The van der Waals surface area contributed by atoms with Crippen molar-refractivity contribution in [3.8, 4) is 5.75 Å². The highest BCUT2D eigenvalue weighted by atomic mass is 32.2. The first kappa shape index (κ1) is 65.8. The largest absolute Gasteiger partial charge is 0.496 e. The van der Waals surface area contributed by atoms with Gasteiger partial charge in [0.25, 0.3) is 0 Å². The summed E-state index contributed by atoms with van der Waals surface area (Å²) < 4.78 is 21.1. The van der Waals surface area contributed by atoms with Crippen LogP contribution in [0.15, 0.2) is 17.2 Å². The van der Waals surface area contributed by atoms with Gasteiger partial charge in [0.2, 0.25) is 47.3 Å². The normalized spacial score (nSPS) is 25.1. The molecule has 1 aromatic carbocycles. The fourth-order valence-electron chi connectivity index (χ4n) is 10.4. The lowest BCUT2D eigenvalue weighted by Crippen LogP contribution is -2.60. The number of nitrogens with zero attached hydrogens (tertiary/aromatic N) is 1. The fraction of sp³-hybridized carbons (Fsp3) is 0.667. The van der Waals surface area contributed by atoms with Crippen molar-refractivity contribution in [2.45, 2.75) is 146 Å². The molecule has 4 heterocycles. The molecule has 81 heavy (non-hydrogen) atoms. The van der Waals surface area contributed by atoms with E-state index < -0.39 is 156 Å². The Labute approximate surface area is 478 Å². The van der Waals surface area contributed by atoms with Crippen molar-refractivity contribution in [3.05, 3.63) is 23.3 Å². The van der Waals surface area contributed by atoms with Crippen LogP contribution < -0.4 is 48.3 Å². The number of H-pyrrole nitrogens is 1. The Bertz CT molecular complexity index is 2620. The molecule has 3 aliphatic heterocycles. The highest BCUT2D eigenvalue weighted by Crippen LogP contribution is 2.37. The maximum absolute atomic E-state index is 15.3. The summed E-state index contributed by atoms with van der Waals surface area (Å²) >= 11 is 1.55. The maximum atomic E-state index is 15.3. The molecule has 1 saturated heterocycles. The second kappa shape index (κ2) is 32.0. The average molecular weight is 1180 g/mol. The smallest absolute Gasteiger partial charge is 0.246 e. The molecule has 2 aromatic rings. The molecule has 0 spiro atoms. The second-order valence-electron chi connectivity index (χ2n) is 21.4. The molecule has 2 bridgehead atoms. The zero-order valence-electron chi connectivity index (χ0n) is 46.9. The first-order chi connectivity index (χ1) is 38.6. The van der Waals surface area contributed by atoms with Crippen LogP contribution in [-0.2, 0) is 75.8 Å². The SMILES string of the molecule is CC[C@H](C)[C@@H]1CC(=O)CNC(=O)[C@H]2CC(=O)[C@H]([C@@H](C)[C@@H](O)CO)NC(=O)[C@@H]3C[C@@H](C)CN3C(=O)[C@H](CC(N)=O)NC(=O)[C@H](CS(=O)c3[nH]c4c(CSCCCCNC(=O)CCCCCON)c(OC)ccc4c3C2)NC(=O)CNC1=O. The van der Waals surface area contributed by atoms with E-state index in [1.807, 2.05) is 0 Å². The van der Waals surface area contributed by atoms with E-state index in [4.69, 9.17) is 16.4 Å². The van der Waals surface area contributed by atoms with Crippen molar-refractivity contribution < 1.29 is 71.9 Å². The van der Waals surface area contributed by atoms with E-state index in [-0.39, 0.29) is 48.2 Å². The number of hydrogen-bond donors (Lipinski definition) is 11. The quantitative estimate of drug-likeness (QED) is 0.0550. The van der Waals surface area contributed by atoms with E-state index >= 15 is 4.21 Å². The second-order valence-corrected chi connectivity index (χ2v) is 24.0. The third-order valence-electron chi connectivity index (χ3n) is 15.3. The Morgan fingerprint density at radius 3 is 2.36 bits per heavy atom. The Kier molecular flexibility index (Phi) is 26.0. The van der Waals surface area contributed by atoms with Crippen molar-refractivity contribution in [3.63, 3.8) is 0 Å². The van der Waals surface area contributed by atoms with Crippen LogP contribution in [0.2, 0.25) is 0 Å². The number of ether oxygens (including phenoxy) is 1. The number of aromatic nitrogens is 1. The molecule has 13 N–H and O–H groups in total. The number of Topliss-reactive ketones (excluding diaryl/α,β-unsaturated/α-hetero) is 2. The summed E-state index contributed by atoms with van der Waals surface area (Å²) in [7, 11) is -0.881. The molecule has 25 nitrogen and oxygen atoms in total. The van der Waals surface area contributed by atoms with E-state index in [2.05, 4.69) is 41.7 Å². The lowest BCUT2D eigenvalue weighted by molar-refractivity contribution is -0.143. The van der Waals surface area contributed by atoms with Gasteiger partial charge in [-0.3, -0.25) is 52.2 Å². The zero-order valence-corrected chi connectivity index (χ0v) is 48.5. The van der Waals surface area contributed by atoms with E-state index in [1.54, 1.807) is 44.7 Å². The van der Waals surface area contributed by atoms with Gasteiger partial charge >= 0.3 is 0 Å². The number of unbranched alkanes of at least 4 members (excludes halogenated alkanes) is 3. The lowest BCUT2D eigenvalue weighted by Gasteiger charge is -2.32. The number of primary amides is 1. The molecule has 3 aliphatic rings. The van der Waals surface area contributed by atoms with Gasteiger partial charge in [-0.15, -0.1) is 0 Å². The molecular weight excluding hydrogens is 1090 g/mol. The van der Waals surface area contributed by atoms with Gasteiger partial charge in [0, 0.05) is 66.8 Å². The number of carbonyl (C=O) groups excluding carboxylic acids is 10. The summed E-state index contributed by atoms with van der Waals surface area (Å²) in [5.74, 6) is -6.21. The summed E-state index contributed by atoms with van der Waals surface area (Å²) in [4.78, 5) is 149. The van der Waals surface area contributed by atoms with Crippen molar-refractivity contribution in [2.24, 2.45) is 41.2 Å². The topological polar surface area (TPSA) is 390 Å². The number of methoxy groups -OCH3 is 1. The lowest BCUT2D eigenvalue weighted by atomic mass is 9.85. The predicted octanol–water partition coefficient (Wildman–Crippen LogP) is -0.581. The number of aliphatic hydroxyl groups is 2. The van der Waals surface area contributed by atoms with Gasteiger partial charge in [0.15, 0.2) is 11.6 Å². The van der Waals surface area contributed by atoms with E-state index in [0.717, 1.165) is 24.2 Å². The molecule has 0 radical (unpaired) electrons. The number of fused-ring (bicyclic) bond motifs is 5. The van der Waals surface area contributed by atoms with Crippen LogP contribution in [0.25, 0.3) is 10.9 Å². The average Bonchev–Trinajstić information content (AvgIpc) is 4.08. The number of amides is 8. The molecule has 450 valence electrons. The van der Waals surface area contributed by atoms with Crippen LogP contribution in [0.3, 0.4) is 0 Å². The van der Waals surface area contributed by atoms with Crippen LogP contribution in [-0.4, -0.2) is 171 Å². The third kappa shape index (κ3) is 18.5. The first-order valence-electron chi connectivity index (χ1n) is 27.7. The number of hydrogen-bond acceptors (Lipinski definition) is 17. The number of nitrogens with one attached hydrogen (secondary N) is 7. The number of rotatable bonds is 21. The van der Waals surface area contributed by atoms with Gasteiger partial charge in [-0.1, -0.05) is 40.5 Å². The molecule has 1 fully saturated rings. The molecular formula is C54H82N10O15S2. The molecule has 27 heteroatoms. The number of nitrogens with two attached hydrogens (primary N) is 2. The number of aromatic amines is 1. The molecule has 0 saturated carbocycles. The number of benzene rings is 1. The molecule has 5 rings (SSSR count). The van der Waals surface area contributed by atoms with Crippen molar-refractivity contribution in [1.82, 2.24) is 41.8 Å².